The third-order valence-electron chi connectivity index (χ3n) is 3.03. The van der Waals surface area contributed by atoms with Crippen molar-refractivity contribution >= 4 is 10.9 Å². The van der Waals surface area contributed by atoms with Crippen LogP contribution >= 0.6 is 0 Å². The highest BCUT2D eigenvalue weighted by atomic mass is 16.5. The zero-order valence-electron chi connectivity index (χ0n) is 9.26. The molecule has 1 aliphatic heterocycles. The summed E-state index contributed by atoms with van der Waals surface area (Å²) in [5.74, 6) is 0. The van der Waals surface area contributed by atoms with Crippen molar-refractivity contribution in [3.63, 3.8) is 0 Å². The molecule has 0 saturated carbocycles. The summed E-state index contributed by atoms with van der Waals surface area (Å²) < 4.78 is 7.78. The van der Waals surface area contributed by atoms with Crippen LogP contribution in [0.25, 0.3) is 10.9 Å². The highest BCUT2D eigenvalue weighted by Gasteiger charge is 2.27. The van der Waals surface area contributed by atoms with E-state index >= 15 is 0 Å². The van der Waals surface area contributed by atoms with Gasteiger partial charge in [-0.25, -0.2) is 0 Å². The minimum Gasteiger partial charge on any atom is -0.368 e. The summed E-state index contributed by atoms with van der Waals surface area (Å²) in [5, 5.41) is 5.72. The monoisotopic (exact) mass is 217 g/mol. The van der Waals surface area contributed by atoms with Gasteiger partial charge in [0.15, 0.2) is 0 Å². The van der Waals surface area contributed by atoms with Gasteiger partial charge in [-0.1, -0.05) is 18.2 Å². The molecule has 3 rings (SSSR count). The lowest BCUT2D eigenvalue weighted by molar-refractivity contribution is 0.00537. The van der Waals surface area contributed by atoms with Crippen LogP contribution in [0.3, 0.4) is 0 Å². The third kappa shape index (κ3) is 1.34. The van der Waals surface area contributed by atoms with Crippen molar-refractivity contribution in [1.82, 2.24) is 9.78 Å². The Balaban J connectivity index is 2.24. The fourth-order valence-corrected chi connectivity index (χ4v) is 2.32. The summed E-state index contributed by atoms with van der Waals surface area (Å²) in [4.78, 5) is 0. The summed E-state index contributed by atoms with van der Waals surface area (Å²) in [5.41, 5.74) is 8.11. The molecule has 4 nitrogen and oxygen atoms in total. The topological polar surface area (TPSA) is 53.1 Å². The van der Waals surface area contributed by atoms with E-state index < -0.39 is 0 Å². The predicted molar refractivity (Wildman–Crippen MR) is 62.1 cm³/mol. The van der Waals surface area contributed by atoms with Crippen molar-refractivity contribution in [3.8, 4) is 0 Å². The van der Waals surface area contributed by atoms with E-state index in [1.54, 1.807) is 0 Å². The van der Waals surface area contributed by atoms with Crippen LogP contribution in [0, 0.1) is 0 Å². The van der Waals surface area contributed by atoms with E-state index in [0.717, 1.165) is 23.1 Å². The average molecular weight is 217 g/mol. The first kappa shape index (κ1) is 9.81. The fourth-order valence-electron chi connectivity index (χ4n) is 2.32. The van der Waals surface area contributed by atoms with Crippen molar-refractivity contribution in [2.75, 3.05) is 6.61 Å². The minimum atomic E-state index is -0.0406. The number of aromatic nitrogens is 2. The Morgan fingerprint density at radius 1 is 1.50 bits per heavy atom. The van der Waals surface area contributed by atoms with Gasteiger partial charge in [0.1, 0.15) is 6.10 Å². The SMILES string of the molecule is C[C@@H](N)[C@H]1OCCn2nc3ccccc3c21. The van der Waals surface area contributed by atoms with Gasteiger partial charge in [-0.3, -0.25) is 4.68 Å². The van der Waals surface area contributed by atoms with Crippen molar-refractivity contribution < 1.29 is 4.74 Å². The van der Waals surface area contributed by atoms with Crippen LogP contribution in [-0.4, -0.2) is 22.4 Å². The standard InChI is InChI=1S/C12H15N3O/c1-8(13)12-11-9-4-2-3-5-10(9)14-15(11)6-7-16-12/h2-5,8,12H,6-7,13H2,1H3/t8-,12-/m1/s1. The summed E-state index contributed by atoms with van der Waals surface area (Å²) in [6.07, 6.45) is -0.0406. The smallest absolute Gasteiger partial charge is 0.115 e. The Kier molecular flexibility index (Phi) is 2.19. The largest absolute Gasteiger partial charge is 0.368 e. The van der Waals surface area contributed by atoms with Gasteiger partial charge >= 0.3 is 0 Å². The number of hydrogen-bond acceptors (Lipinski definition) is 3. The predicted octanol–water partition coefficient (Wildman–Crippen LogP) is 1.45. The Morgan fingerprint density at radius 3 is 3.12 bits per heavy atom. The van der Waals surface area contributed by atoms with Crippen LogP contribution in [-0.2, 0) is 11.3 Å². The molecule has 0 radical (unpaired) electrons. The first-order valence-electron chi connectivity index (χ1n) is 5.60. The molecule has 0 bridgehead atoms. The summed E-state index contributed by atoms with van der Waals surface area (Å²) in [6.45, 7) is 3.47. The van der Waals surface area contributed by atoms with E-state index in [4.69, 9.17) is 10.5 Å². The normalized spacial score (nSPS) is 22.0. The van der Waals surface area contributed by atoms with Crippen LogP contribution in [0.4, 0.5) is 0 Å². The average Bonchev–Trinajstić information content (AvgIpc) is 2.66. The Morgan fingerprint density at radius 2 is 2.31 bits per heavy atom. The molecular weight excluding hydrogens is 202 g/mol. The molecule has 0 unspecified atom stereocenters. The molecule has 4 heteroatoms. The molecule has 1 aromatic heterocycles. The zero-order chi connectivity index (χ0) is 11.1. The number of hydrogen-bond donors (Lipinski definition) is 1. The van der Waals surface area contributed by atoms with Gasteiger partial charge in [-0.05, 0) is 13.0 Å². The second-order valence-electron chi connectivity index (χ2n) is 4.28. The molecule has 0 fully saturated rings. The van der Waals surface area contributed by atoms with Gasteiger partial charge in [0, 0.05) is 11.4 Å². The summed E-state index contributed by atoms with van der Waals surface area (Å²) in [6, 6.07) is 8.12. The van der Waals surface area contributed by atoms with Crippen LogP contribution in [0.1, 0.15) is 18.7 Å². The molecule has 0 spiro atoms. The van der Waals surface area contributed by atoms with Crippen molar-refractivity contribution in [2.45, 2.75) is 25.6 Å². The molecule has 0 amide bonds. The van der Waals surface area contributed by atoms with Crippen LogP contribution in [0.2, 0.25) is 0 Å². The molecule has 1 aromatic carbocycles. The first-order chi connectivity index (χ1) is 7.77. The van der Waals surface area contributed by atoms with Gasteiger partial charge in [0.25, 0.3) is 0 Å². The van der Waals surface area contributed by atoms with E-state index in [2.05, 4.69) is 11.2 Å². The van der Waals surface area contributed by atoms with Gasteiger partial charge < -0.3 is 10.5 Å². The van der Waals surface area contributed by atoms with E-state index in [1.807, 2.05) is 29.8 Å². The molecule has 2 N–H and O–H groups in total. The summed E-state index contributed by atoms with van der Waals surface area (Å²) >= 11 is 0. The molecule has 16 heavy (non-hydrogen) atoms. The van der Waals surface area contributed by atoms with Crippen LogP contribution in [0.15, 0.2) is 24.3 Å². The Hall–Kier alpha value is -1.39. The lowest BCUT2D eigenvalue weighted by Crippen LogP contribution is -2.33. The van der Waals surface area contributed by atoms with Gasteiger partial charge in [0.05, 0.1) is 24.4 Å². The number of nitrogens with two attached hydrogens (primary N) is 1. The fraction of sp³-hybridized carbons (Fsp3) is 0.417. The number of ether oxygens (including phenoxy) is 1. The van der Waals surface area contributed by atoms with Crippen molar-refractivity contribution in [2.24, 2.45) is 5.73 Å². The van der Waals surface area contributed by atoms with Crippen LogP contribution < -0.4 is 5.73 Å². The maximum absolute atomic E-state index is 5.97. The number of rotatable bonds is 1. The highest BCUT2D eigenvalue weighted by Crippen LogP contribution is 2.30. The van der Waals surface area contributed by atoms with E-state index in [-0.39, 0.29) is 12.1 Å². The molecule has 0 aliphatic carbocycles. The van der Waals surface area contributed by atoms with Gasteiger partial charge in [-0.2, -0.15) is 5.10 Å². The van der Waals surface area contributed by atoms with E-state index in [0.29, 0.717) is 6.61 Å². The maximum Gasteiger partial charge on any atom is 0.115 e. The summed E-state index contributed by atoms with van der Waals surface area (Å²) in [7, 11) is 0. The van der Waals surface area contributed by atoms with E-state index in [1.165, 1.54) is 0 Å². The van der Waals surface area contributed by atoms with Gasteiger partial charge in [-0.15, -0.1) is 0 Å². The number of benzene rings is 1. The molecular formula is C12H15N3O. The lowest BCUT2D eigenvalue weighted by Gasteiger charge is -2.27. The first-order valence-corrected chi connectivity index (χ1v) is 5.60. The number of nitrogens with zero attached hydrogens (tertiary/aromatic N) is 2. The Labute approximate surface area is 94.0 Å². The lowest BCUT2D eigenvalue weighted by atomic mass is 10.1. The van der Waals surface area contributed by atoms with Crippen LogP contribution in [0.5, 0.6) is 0 Å². The molecule has 84 valence electrons. The third-order valence-corrected chi connectivity index (χ3v) is 3.03. The quantitative estimate of drug-likeness (QED) is 0.786. The molecule has 2 aromatic rings. The Bertz CT molecular complexity index is 518. The molecule has 0 saturated heterocycles. The van der Waals surface area contributed by atoms with Crippen molar-refractivity contribution in [1.29, 1.82) is 0 Å². The van der Waals surface area contributed by atoms with Gasteiger partial charge in [0.2, 0.25) is 0 Å². The molecule has 1 aliphatic rings. The second-order valence-corrected chi connectivity index (χ2v) is 4.28. The minimum absolute atomic E-state index is 0.0147. The zero-order valence-corrected chi connectivity index (χ0v) is 9.26. The van der Waals surface area contributed by atoms with Crippen molar-refractivity contribution in [3.05, 3.63) is 30.0 Å². The highest BCUT2D eigenvalue weighted by molar-refractivity contribution is 5.82. The maximum atomic E-state index is 5.97. The molecule has 2 heterocycles. The number of fused-ring (bicyclic) bond motifs is 3. The molecule has 2 atom stereocenters. The second kappa shape index (κ2) is 3.57. The van der Waals surface area contributed by atoms with E-state index in [9.17, 15) is 0 Å².